The second kappa shape index (κ2) is 3.91. The number of aryl methyl sites for hydroxylation is 1. The van der Waals surface area contributed by atoms with Gasteiger partial charge in [0, 0.05) is 31.2 Å². The van der Waals surface area contributed by atoms with Crippen molar-refractivity contribution in [2.24, 2.45) is 0 Å². The summed E-state index contributed by atoms with van der Waals surface area (Å²) in [5.74, 6) is 1.64. The summed E-state index contributed by atoms with van der Waals surface area (Å²) in [6.07, 6.45) is 7.41. The zero-order valence-electron chi connectivity index (χ0n) is 10.1. The summed E-state index contributed by atoms with van der Waals surface area (Å²) in [6.45, 7) is 4.11. The minimum absolute atomic E-state index is 0.734. The van der Waals surface area contributed by atoms with Crippen molar-refractivity contribution in [3.63, 3.8) is 0 Å². The van der Waals surface area contributed by atoms with Crippen LogP contribution in [0.5, 0.6) is 0 Å². The fourth-order valence-corrected chi connectivity index (χ4v) is 2.43. The number of imidazole rings is 1. The number of nitrogen functional groups attached to an aromatic ring is 1. The van der Waals surface area contributed by atoms with Gasteiger partial charge in [0.25, 0.3) is 0 Å². The van der Waals surface area contributed by atoms with E-state index in [4.69, 9.17) is 5.73 Å². The summed E-state index contributed by atoms with van der Waals surface area (Å²) in [4.78, 5) is 11.1. The van der Waals surface area contributed by atoms with E-state index < -0.39 is 0 Å². The third kappa shape index (κ3) is 1.62. The Hall–Kier alpha value is -1.78. The Labute approximate surface area is 100 Å². The third-order valence-electron chi connectivity index (χ3n) is 3.47. The van der Waals surface area contributed by atoms with Crippen molar-refractivity contribution in [3.05, 3.63) is 18.1 Å². The van der Waals surface area contributed by atoms with Gasteiger partial charge in [-0.1, -0.05) is 0 Å². The molecule has 1 aliphatic heterocycles. The standard InChI is InChI=1S/C12H17N5/c1-9-10(13)11(16-6-3-2-4-7-16)15-12-14-5-8-17(9)12/h5,8H,2-4,6-7,13H2,1H3. The molecular weight excluding hydrogens is 214 g/mol. The Morgan fingerprint density at radius 3 is 2.76 bits per heavy atom. The molecule has 5 nitrogen and oxygen atoms in total. The molecule has 0 saturated carbocycles. The van der Waals surface area contributed by atoms with Gasteiger partial charge in [-0.15, -0.1) is 0 Å². The van der Waals surface area contributed by atoms with Gasteiger partial charge in [-0.25, -0.2) is 4.98 Å². The second-order valence-corrected chi connectivity index (χ2v) is 4.58. The third-order valence-corrected chi connectivity index (χ3v) is 3.47. The van der Waals surface area contributed by atoms with Gasteiger partial charge < -0.3 is 10.6 Å². The van der Waals surface area contributed by atoms with Gasteiger partial charge in [0.1, 0.15) is 0 Å². The van der Waals surface area contributed by atoms with Crippen molar-refractivity contribution < 1.29 is 0 Å². The molecule has 0 bridgehead atoms. The second-order valence-electron chi connectivity index (χ2n) is 4.58. The van der Waals surface area contributed by atoms with E-state index in [2.05, 4.69) is 14.9 Å². The molecule has 17 heavy (non-hydrogen) atoms. The van der Waals surface area contributed by atoms with Crippen LogP contribution in [0.2, 0.25) is 0 Å². The molecule has 1 saturated heterocycles. The highest BCUT2D eigenvalue weighted by Crippen LogP contribution is 2.27. The molecule has 0 atom stereocenters. The van der Waals surface area contributed by atoms with E-state index in [0.717, 1.165) is 36.1 Å². The molecule has 2 aromatic rings. The highest BCUT2D eigenvalue weighted by atomic mass is 15.2. The van der Waals surface area contributed by atoms with E-state index in [1.807, 2.05) is 17.5 Å². The van der Waals surface area contributed by atoms with Gasteiger partial charge >= 0.3 is 0 Å². The Morgan fingerprint density at radius 1 is 1.24 bits per heavy atom. The lowest BCUT2D eigenvalue weighted by atomic mass is 10.1. The Bertz CT molecular complexity index is 539. The molecular formula is C12H17N5. The minimum atomic E-state index is 0.734. The van der Waals surface area contributed by atoms with E-state index in [9.17, 15) is 0 Å². The average Bonchev–Trinajstić information content (AvgIpc) is 2.83. The molecule has 2 aromatic heterocycles. The number of hydrogen-bond donors (Lipinski definition) is 1. The number of nitrogens with zero attached hydrogens (tertiary/aromatic N) is 4. The van der Waals surface area contributed by atoms with Crippen LogP contribution in [0.15, 0.2) is 12.4 Å². The van der Waals surface area contributed by atoms with Crippen molar-refractivity contribution in [2.75, 3.05) is 23.7 Å². The molecule has 0 aromatic carbocycles. The van der Waals surface area contributed by atoms with Crippen molar-refractivity contribution in [1.29, 1.82) is 0 Å². The highest BCUT2D eigenvalue weighted by molar-refractivity contribution is 5.68. The lowest BCUT2D eigenvalue weighted by Gasteiger charge is -2.29. The zero-order chi connectivity index (χ0) is 11.8. The molecule has 0 spiro atoms. The van der Waals surface area contributed by atoms with E-state index in [1.54, 1.807) is 6.20 Å². The lowest BCUT2D eigenvalue weighted by molar-refractivity contribution is 0.574. The van der Waals surface area contributed by atoms with Crippen LogP contribution in [-0.2, 0) is 0 Å². The lowest BCUT2D eigenvalue weighted by Crippen LogP contribution is -2.31. The first-order chi connectivity index (χ1) is 8.27. The first-order valence-corrected chi connectivity index (χ1v) is 6.11. The van der Waals surface area contributed by atoms with E-state index in [0.29, 0.717) is 0 Å². The van der Waals surface area contributed by atoms with E-state index in [1.165, 1.54) is 19.3 Å². The summed E-state index contributed by atoms with van der Waals surface area (Å²) >= 11 is 0. The summed E-state index contributed by atoms with van der Waals surface area (Å²) in [5.41, 5.74) is 7.98. The molecule has 1 fully saturated rings. The van der Waals surface area contributed by atoms with E-state index in [-0.39, 0.29) is 0 Å². The monoisotopic (exact) mass is 231 g/mol. The molecule has 3 rings (SSSR count). The van der Waals surface area contributed by atoms with Crippen molar-refractivity contribution in [1.82, 2.24) is 14.4 Å². The number of nitrogens with two attached hydrogens (primary N) is 1. The van der Waals surface area contributed by atoms with Crippen molar-refractivity contribution in [3.8, 4) is 0 Å². The van der Waals surface area contributed by atoms with Gasteiger partial charge in [-0.3, -0.25) is 4.40 Å². The first-order valence-electron chi connectivity index (χ1n) is 6.11. The molecule has 90 valence electrons. The molecule has 3 heterocycles. The van der Waals surface area contributed by atoms with Gasteiger partial charge in [-0.2, -0.15) is 4.98 Å². The molecule has 5 heteroatoms. The normalized spacial score (nSPS) is 16.6. The topological polar surface area (TPSA) is 59.5 Å². The number of hydrogen-bond acceptors (Lipinski definition) is 4. The smallest absolute Gasteiger partial charge is 0.236 e. The van der Waals surface area contributed by atoms with Crippen LogP contribution in [-0.4, -0.2) is 27.5 Å². The van der Waals surface area contributed by atoms with Gasteiger partial charge in [0.15, 0.2) is 5.82 Å². The maximum absolute atomic E-state index is 6.19. The van der Waals surface area contributed by atoms with Crippen LogP contribution in [0.25, 0.3) is 5.78 Å². The van der Waals surface area contributed by atoms with Crippen LogP contribution >= 0.6 is 0 Å². The number of fused-ring (bicyclic) bond motifs is 1. The predicted octanol–water partition coefficient (Wildman–Crippen LogP) is 1.61. The van der Waals surface area contributed by atoms with Crippen molar-refractivity contribution >= 4 is 17.3 Å². The number of rotatable bonds is 1. The Morgan fingerprint density at radius 2 is 2.00 bits per heavy atom. The van der Waals surface area contributed by atoms with Crippen LogP contribution in [0.3, 0.4) is 0 Å². The van der Waals surface area contributed by atoms with Crippen molar-refractivity contribution in [2.45, 2.75) is 26.2 Å². The number of piperidine rings is 1. The fourth-order valence-electron chi connectivity index (χ4n) is 2.43. The maximum Gasteiger partial charge on any atom is 0.236 e. The first kappa shape index (κ1) is 10.4. The summed E-state index contributed by atoms with van der Waals surface area (Å²) in [7, 11) is 0. The Balaban J connectivity index is 2.11. The molecule has 0 amide bonds. The summed E-state index contributed by atoms with van der Waals surface area (Å²) in [5, 5.41) is 0. The van der Waals surface area contributed by atoms with Crippen LogP contribution in [0.4, 0.5) is 11.5 Å². The molecule has 0 aliphatic carbocycles. The summed E-state index contributed by atoms with van der Waals surface area (Å²) in [6, 6.07) is 0. The SMILES string of the molecule is Cc1c(N)c(N2CCCCC2)nc2nccn12. The van der Waals surface area contributed by atoms with Gasteiger partial charge in [0.2, 0.25) is 5.78 Å². The van der Waals surface area contributed by atoms with E-state index >= 15 is 0 Å². The molecule has 1 aliphatic rings. The van der Waals surface area contributed by atoms with Crippen LogP contribution in [0, 0.1) is 6.92 Å². The quantitative estimate of drug-likeness (QED) is 0.810. The zero-order valence-corrected chi connectivity index (χ0v) is 10.1. The van der Waals surface area contributed by atoms with Crippen LogP contribution < -0.4 is 10.6 Å². The minimum Gasteiger partial charge on any atom is -0.394 e. The fraction of sp³-hybridized carbons (Fsp3) is 0.500. The average molecular weight is 231 g/mol. The number of aromatic nitrogens is 3. The highest BCUT2D eigenvalue weighted by Gasteiger charge is 2.18. The molecule has 2 N–H and O–H groups in total. The number of anilines is 2. The largest absolute Gasteiger partial charge is 0.394 e. The maximum atomic E-state index is 6.19. The molecule has 0 radical (unpaired) electrons. The van der Waals surface area contributed by atoms with Crippen LogP contribution in [0.1, 0.15) is 25.0 Å². The summed E-state index contributed by atoms with van der Waals surface area (Å²) < 4.78 is 1.93. The predicted molar refractivity (Wildman–Crippen MR) is 68.2 cm³/mol. The van der Waals surface area contributed by atoms with Gasteiger partial charge in [-0.05, 0) is 26.2 Å². The Kier molecular flexibility index (Phi) is 2.39. The van der Waals surface area contributed by atoms with Gasteiger partial charge in [0.05, 0.1) is 5.69 Å². The molecule has 0 unspecified atom stereocenters.